The van der Waals surface area contributed by atoms with E-state index in [1.807, 2.05) is 0 Å². The summed E-state index contributed by atoms with van der Waals surface area (Å²) < 4.78 is 5.13. The third-order valence-electron chi connectivity index (χ3n) is 3.51. The van der Waals surface area contributed by atoms with Crippen LogP contribution in [0.3, 0.4) is 0 Å². The minimum Gasteiger partial charge on any atom is -0.500 e. The van der Waals surface area contributed by atoms with Gasteiger partial charge in [-0.2, -0.15) is 0 Å². The van der Waals surface area contributed by atoms with Crippen molar-refractivity contribution in [3.63, 3.8) is 0 Å². The van der Waals surface area contributed by atoms with E-state index in [1.165, 1.54) is 19.3 Å². The van der Waals surface area contributed by atoms with Gasteiger partial charge >= 0.3 is 0 Å². The number of hydrogen-bond acceptors (Lipinski definition) is 2. The van der Waals surface area contributed by atoms with Gasteiger partial charge in [0.15, 0.2) is 5.78 Å². The molecule has 1 aliphatic carbocycles. The molecule has 0 unspecified atom stereocenters. The molecule has 0 aromatic heterocycles. The fourth-order valence-corrected chi connectivity index (χ4v) is 2.50. The van der Waals surface area contributed by atoms with Crippen LogP contribution in [0.25, 0.3) is 0 Å². The highest BCUT2D eigenvalue weighted by Gasteiger charge is 2.36. The summed E-state index contributed by atoms with van der Waals surface area (Å²) in [5, 5.41) is 0. The molecular formula is C12H18O2. The van der Waals surface area contributed by atoms with Crippen LogP contribution in [0.5, 0.6) is 0 Å². The van der Waals surface area contributed by atoms with Crippen molar-refractivity contribution in [2.24, 2.45) is 5.41 Å². The predicted molar refractivity (Wildman–Crippen MR) is 54.9 cm³/mol. The second kappa shape index (κ2) is 3.76. The van der Waals surface area contributed by atoms with Crippen molar-refractivity contribution in [3.05, 3.63) is 11.8 Å². The fourth-order valence-electron chi connectivity index (χ4n) is 2.50. The van der Waals surface area contributed by atoms with Gasteiger partial charge in [-0.1, -0.05) is 26.2 Å². The Balaban J connectivity index is 2.08. The van der Waals surface area contributed by atoms with Gasteiger partial charge in [-0.05, 0) is 12.8 Å². The molecule has 2 heteroatoms. The quantitative estimate of drug-likeness (QED) is 0.675. The van der Waals surface area contributed by atoms with E-state index in [1.54, 1.807) is 6.26 Å². The monoisotopic (exact) mass is 194 g/mol. The molecule has 1 heterocycles. The summed E-state index contributed by atoms with van der Waals surface area (Å²) in [5.41, 5.74) is 0.826. The lowest BCUT2D eigenvalue weighted by molar-refractivity contribution is -0.125. The van der Waals surface area contributed by atoms with Gasteiger partial charge in [0.1, 0.15) is 0 Å². The second-order valence-corrected chi connectivity index (χ2v) is 4.71. The molecule has 2 nitrogen and oxygen atoms in total. The van der Waals surface area contributed by atoms with Crippen LogP contribution < -0.4 is 0 Å². The molecule has 1 fully saturated rings. The minimum atomic E-state index is -0.0855. The van der Waals surface area contributed by atoms with Gasteiger partial charge in [0.25, 0.3) is 0 Å². The molecular weight excluding hydrogens is 176 g/mol. The van der Waals surface area contributed by atoms with Crippen molar-refractivity contribution in [2.75, 3.05) is 6.61 Å². The van der Waals surface area contributed by atoms with E-state index in [9.17, 15) is 4.79 Å². The van der Waals surface area contributed by atoms with Crippen LogP contribution >= 0.6 is 0 Å². The van der Waals surface area contributed by atoms with Crippen LogP contribution in [-0.2, 0) is 9.53 Å². The van der Waals surface area contributed by atoms with Crippen molar-refractivity contribution >= 4 is 5.78 Å². The van der Waals surface area contributed by atoms with E-state index in [2.05, 4.69) is 6.92 Å². The zero-order valence-corrected chi connectivity index (χ0v) is 8.84. The van der Waals surface area contributed by atoms with E-state index in [-0.39, 0.29) is 5.41 Å². The maximum Gasteiger partial charge on any atom is 0.167 e. The van der Waals surface area contributed by atoms with E-state index in [0.29, 0.717) is 12.4 Å². The standard InChI is InChI=1S/C12H18O2/c1-12(6-3-2-4-7-12)11(13)10-5-8-14-9-10/h9H,2-8H2,1H3. The molecule has 0 aromatic carbocycles. The lowest BCUT2D eigenvalue weighted by Crippen LogP contribution is -2.31. The van der Waals surface area contributed by atoms with Gasteiger partial charge in [0.2, 0.25) is 0 Å². The normalized spacial score (nSPS) is 25.4. The van der Waals surface area contributed by atoms with Gasteiger partial charge in [-0.3, -0.25) is 4.79 Å². The molecule has 14 heavy (non-hydrogen) atoms. The first-order valence-electron chi connectivity index (χ1n) is 5.58. The van der Waals surface area contributed by atoms with E-state index < -0.39 is 0 Å². The number of ketones is 1. The topological polar surface area (TPSA) is 26.3 Å². The molecule has 1 aliphatic heterocycles. The molecule has 78 valence electrons. The Bertz CT molecular complexity index is 259. The highest BCUT2D eigenvalue weighted by Crippen LogP contribution is 2.39. The molecule has 0 bridgehead atoms. The van der Waals surface area contributed by atoms with Crippen LogP contribution in [0.4, 0.5) is 0 Å². The van der Waals surface area contributed by atoms with E-state index in [0.717, 1.165) is 24.8 Å². The highest BCUT2D eigenvalue weighted by molar-refractivity contribution is 5.99. The summed E-state index contributed by atoms with van der Waals surface area (Å²) in [6.07, 6.45) is 8.30. The van der Waals surface area contributed by atoms with Crippen molar-refractivity contribution in [2.45, 2.75) is 45.4 Å². The predicted octanol–water partition coefficient (Wildman–Crippen LogP) is 2.83. The first kappa shape index (κ1) is 9.75. The molecule has 0 aromatic rings. The molecule has 0 atom stereocenters. The number of carbonyl (C=O) groups is 1. The summed E-state index contributed by atoms with van der Waals surface area (Å²) >= 11 is 0. The average molecular weight is 194 g/mol. The van der Waals surface area contributed by atoms with Crippen molar-refractivity contribution in [1.29, 1.82) is 0 Å². The van der Waals surface area contributed by atoms with Crippen LogP contribution in [-0.4, -0.2) is 12.4 Å². The SMILES string of the molecule is CC1(C(=O)C2=COCC2)CCCCC1. The van der Waals surface area contributed by atoms with Gasteiger partial charge in [-0.25, -0.2) is 0 Å². The van der Waals surface area contributed by atoms with Crippen molar-refractivity contribution in [1.82, 2.24) is 0 Å². The molecule has 0 spiro atoms. The Morgan fingerprint density at radius 3 is 2.64 bits per heavy atom. The lowest BCUT2D eigenvalue weighted by Gasteiger charge is -2.32. The van der Waals surface area contributed by atoms with Gasteiger partial charge in [0.05, 0.1) is 12.9 Å². The van der Waals surface area contributed by atoms with E-state index >= 15 is 0 Å². The molecule has 0 saturated heterocycles. The fraction of sp³-hybridized carbons (Fsp3) is 0.750. The lowest BCUT2D eigenvalue weighted by atomic mass is 9.71. The highest BCUT2D eigenvalue weighted by atomic mass is 16.5. The maximum atomic E-state index is 12.2. The smallest absolute Gasteiger partial charge is 0.167 e. The molecule has 0 N–H and O–H groups in total. The Morgan fingerprint density at radius 2 is 2.07 bits per heavy atom. The number of carbonyl (C=O) groups excluding carboxylic acids is 1. The summed E-state index contributed by atoms with van der Waals surface area (Å²) in [7, 11) is 0. The zero-order chi connectivity index (χ0) is 10.0. The Hall–Kier alpha value is -0.790. The zero-order valence-electron chi connectivity index (χ0n) is 8.84. The third kappa shape index (κ3) is 1.70. The summed E-state index contributed by atoms with van der Waals surface area (Å²) in [6, 6.07) is 0. The van der Waals surface area contributed by atoms with Gasteiger partial charge in [0, 0.05) is 17.4 Å². The van der Waals surface area contributed by atoms with Crippen molar-refractivity contribution in [3.8, 4) is 0 Å². The molecule has 1 saturated carbocycles. The molecule has 0 amide bonds. The summed E-state index contributed by atoms with van der Waals surface area (Å²) in [5.74, 6) is 0.342. The number of ether oxygens (including phenoxy) is 1. The molecule has 0 radical (unpaired) electrons. The summed E-state index contributed by atoms with van der Waals surface area (Å²) in [6.45, 7) is 2.81. The number of rotatable bonds is 2. The average Bonchev–Trinajstić information content (AvgIpc) is 2.70. The summed E-state index contributed by atoms with van der Waals surface area (Å²) in [4.78, 5) is 12.2. The first-order valence-corrected chi connectivity index (χ1v) is 5.58. The minimum absolute atomic E-state index is 0.0855. The molecule has 2 rings (SSSR count). The Kier molecular flexibility index (Phi) is 2.62. The Morgan fingerprint density at radius 1 is 1.36 bits per heavy atom. The third-order valence-corrected chi connectivity index (χ3v) is 3.51. The van der Waals surface area contributed by atoms with E-state index in [4.69, 9.17) is 4.74 Å². The largest absolute Gasteiger partial charge is 0.500 e. The van der Waals surface area contributed by atoms with Crippen LogP contribution in [0.2, 0.25) is 0 Å². The number of hydrogen-bond donors (Lipinski definition) is 0. The second-order valence-electron chi connectivity index (χ2n) is 4.71. The Labute approximate surface area is 85.3 Å². The molecule has 2 aliphatic rings. The van der Waals surface area contributed by atoms with Crippen LogP contribution in [0, 0.1) is 5.41 Å². The van der Waals surface area contributed by atoms with Crippen molar-refractivity contribution < 1.29 is 9.53 Å². The maximum absolute atomic E-state index is 12.2. The van der Waals surface area contributed by atoms with Gasteiger partial charge in [-0.15, -0.1) is 0 Å². The van der Waals surface area contributed by atoms with Gasteiger partial charge < -0.3 is 4.74 Å². The van der Waals surface area contributed by atoms with Crippen LogP contribution in [0.15, 0.2) is 11.8 Å². The van der Waals surface area contributed by atoms with Crippen LogP contribution in [0.1, 0.15) is 45.4 Å². The first-order chi connectivity index (χ1) is 6.72. The number of Topliss-reactive ketones (excluding diaryl/α,β-unsaturated/α-hetero) is 1.